The zero-order valence-corrected chi connectivity index (χ0v) is 13.3. The number of aromatic nitrogens is 2. The summed E-state index contributed by atoms with van der Waals surface area (Å²) < 4.78 is 6.36. The minimum Gasteiger partial charge on any atom is -0.444 e. The number of H-pyrrole nitrogens is 1. The Morgan fingerprint density at radius 1 is 1.41 bits per heavy atom. The molecule has 0 aromatic carbocycles. The third-order valence-electron chi connectivity index (χ3n) is 3.19. The molecule has 122 valence electrons. The molecule has 8 nitrogen and oxygen atoms in total. The van der Waals surface area contributed by atoms with E-state index in [1.54, 1.807) is 20.8 Å². The molecule has 0 spiro atoms. The summed E-state index contributed by atoms with van der Waals surface area (Å²) in [7, 11) is 0. The van der Waals surface area contributed by atoms with Gasteiger partial charge in [0.2, 0.25) is 0 Å². The van der Waals surface area contributed by atoms with E-state index < -0.39 is 35.1 Å². The zero-order valence-electron chi connectivity index (χ0n) is 12.5. The number of likely N-dealkylation sites (tertiary alicyclic amines) is 1. The molecule has 0 unspecified atom stereocenters. The minimum absolute atomic E-state index is 0.0305. The third-order valence-corrected chi connectivity index (χ3v) is 3.46. The van der Waals surface area contributed by atoms with Crippen LogP contribution in [0.25, 0.3) is 0 Å². The smallest absolute Gasteiger partial charge is 0.410 e. The van der Waals surface area contributed by atoms with Gasteiger partial charge in [-0.25, -0.2) is 9.59 Å². The highest BCUT2D eigenvalue weighted by Crippen LogP contribution is 2.23. The molecule has 0 saturated carbocycles. The summed E-state index contributed by atoms with van der Waals surface area (Å²) in [6.07, 6.45) is -0.375. The number of hydrogen-bond donors (Lipinski definition) is 2. The van der Waals surface area contributed by atoms with Crippen LogP contribution in [0.1, 0.15) is 26.8 Å². The maximum atomic E-state index is 12.0. The number of carbonyl (C=O) groups excluding carboxylic acids is 1. The first-order chi connectivity index (χ1) is 10.1. The topological polar surface area (TPSA) is 105 Å². The Kier molecular flexibility index (Phi) is 4.35. The lowest BCUT2D eigenvalue weighted by molar-refractivity contribution is 0.0270. The number of nitrogens with one attached hydrogen (secondary N) is 1. The average molecular weight is 332 g/mol. The molecule has 2 N–H and O–H groups in total. The Hall–Kier alpha value is -1.80. The van der Waals surface area contributed by atoms with Crippen molar-refractivity contribution in [1.82, 2.24) is 14.5 Å². The molecule has 1 aromatic rings. The van der Waals surface area contributed by atoms with Crippen LogP contribution in [-0.2, 0) is 4.74 Å². The lowest BCUT2D eigenvalue weighted by Crippen LogP contribution is -2.37. The highest BCUT2D eigenvalue weighted by Gasteiger charge is 2.37. The van der Waals surface area contributed by atoms with Crippen molar-refractivity contribution >= 4 is 17.7 Å². The number of carbonyl (C=O) groups is 1. The Morgan fingerprint density at radius 2 is 2.05 bits per heavy atom. The summed E-state index contributed by atoms with van der Waals surface area (Å²) in [5, 5.41) is 9.94. The number of ether oxygens (including phenoxy) is 1. The number of rotatable bonds is 1. The van der Waals surface area contributed by atoms with Crippen LogP contribution in [0.4, 0.5) is 4.79 Å². The third kappa shape index (κ3) is 3.50. The molecule has 9 heteroatoms. The fourth-order valence-electron chi connectivity index (χ4n) is 2.23. The van der Waals surface area contributed by atoms with E-state index in [-0.39, 0.29) is 18.1 Å². The molecule has 1 fully saturated rings. The predicted octanol–water partition coefficient (Wildman–Crippen LogP) is 0.343. The van der Waals surface area contributed by atoms with Crippen LogP contribution in [0.15, 0.2) is 15.8 Å². The molecule has 22 heavy (non-hydrogen) atoms. The van der Waals surface area contributed by atoms with E-state index >= 15 is 0 Å². The quantitative estimate of drug-likeness (QED) is 0.772. The highest BCUT2D eigenvalue weighted by molar-refractivity contribution is 6.30. The number of aromatic amines is 1. The molecule has 1 aliphatic rings. The van der Waals surface area contributed by atoms with Gasteiger partial charge in [0.05, 0.1) is 18.7 Å². The maximum Gasteiger partial charge on any atom is 0.410 e. The zero-order chi connectivity index (χ0) is 16.7. The van der Waals surface area contributed by atoms with Gasteiger partial charge in [0.15, 0.2) is 0 Å². The van der Waals surface area contributed by atoms with Gasteiger partial charge in [0, 0.05) is 12.7 Å². The van der Waals surface area contributed by atoms with Crippen molar-refractivity contribution < 1.29 is 14.6 Å². The highest BCUT2D eigenvalue weighted by atomic mass is 35.5. The van der Waals surface area contributed by atoms with Crippen LogP contribution >= 0.6 is 11.6 Å². The second-order valence-corrected chi connectivity index (χ2v) is 6.57. The molecule has 1 amide bonds. The first-order valence-electron chi connectivity index (χ1n) is 6.75. The van der Waals surface area contributed by atoms with Crippen molar-refractivity contribution in [2.75, 3.05) is 13.1 Å². The molecule has 2 rings (SSSR count). The fraction of sp³-hybridized carbons (Fsp3) is 0.615. The first kappa shape index (κ1) is 16.6. The van der Waals surface area contributed by atoms with Crippen LogP contribution in [0.5, 0.6) is 0 Å². The van der Waals surface area contributed by atoms with Gasteiger partial charge < -0.3 is 14.7 Å². The van der Waals surface area contributed by atoms with Crippen LogP contribution in [0, 0.1) is 0 Å². The summed E-state index contributed by atoms with van der Waals surface area (Å²) >= 11 is 5.71. The van der Waals surface area contributed by atoms with Gasteiger partial charge in [-0.15, -0.1) is 0 Å². The van der Waals surface area contributed by atoms with Gasteiger partial charge in [-0.05, 0) is 20.8 Å². The van der Waals surface area contributed by atoms with Gasteiger partial charge in [0.25, 0.3) is 5.56 Å². The normalized spacial score (nSPS) is 22.0. The number of aliphatic hydroxyl groups is 1. The van der Waals surface area contributed by atoms with Gasteiger partial charge in [-0.1, -0.05) is 11.6 Å². The van der Waals surface area contributed by atoms with Crippen molar-refractivity contribution in [2.24, 2.45) is 0 Å². The molecule has 1 saturated heterocycles. The van der Waals surface area contributed by atoms with Gasteiger partial charge >= 0.3 is 11.8 Å². The summed E-state index contributed by atoms with van der Waals surface area (Å²) in [4.78, 5) is 38.5. The average Bonchev–Trinajstić information content (AvgIpc) is 2.74. The second kappa shape index (κ2) is 5.77. The largest absolute Gasteiger partial charge is 0.444 e. The molecular formula is C13H18ClN3O5. The summed E-state index contributed by atoms with van der Waals surface area (Å²) in [5.41, 5.74) is -2.04. The van der Waals surface area contributed by atoms with Crippen molar-refractivity contribution in [1.29, 1.82) is 0 Å². The van der Waals surface area contributed by atoms with E-state index in [9.17, 15) is 19.5 Å². The molecule has 0 bridgehead atoms. The maximum absolute atomic E-state index is 12.0. The van der Waals surface area contributed by atoms with Crippen molar-refractivity contribution in [2.45, 2.75) is 38.5 Å². The van der Waals surface area contributed by atoms with Crippen molar-refractivity contribution in [3.63, 3.8) is 0 Å². The van der Waals surface area contributed by atoms with E-state index in [1.165, 1.54) is 4.90 Å². The Morgan fingerprint density at radius 3 is 2.64 bits per heavy atom. The lowest BCUT2D eigenvalue weighted by atomic mass is 10.2. The number of halogens is 1. The van der Waals surface area contributed by atoms with Crippen LogP contribution < -0.4 is 11.2 Å². The standard InChI is InChI=1S/C13H18ClN3O5/c1-13(2,3)22-12(21)16-5-8(9(18)6-16)17-4-7(14)10(19)15-11(17)20/h4,8-9,18H,5-6H2,1-3H3,(H,15,19,20)/t8-,9-/m0/s1. The van der Waals surface area contributed by atoms with Crippen LogP contribution in [0.2, 0.25) is 5.02 Å². The molecule has 0 aliphatic carbocycles. The van der Waals surface area contributed by atoms with E-state index in [2.05, 4.69) is 4.98 Å². The molecule has 0 radical (unpaired) electrons. The Labute approximate surface area is 131 Å². The molecule has 2 atom stereocenters. The van der Waals surface area contributed by atoms with Crippen LogP contribution in [-0.4, -0.2) is 50.4 Å². The van der Waals surface area contributed by atoms with Gasteiger partial charge in [0.1, 0.15) is 10.6 Å². The monoisotopic (exact) mass is 331 g/mol. The number of β-amino-alcohol motifs (C(OH)–C–C–N with tert-alkyl or cyclic N) is 1. The number of hydrogen-bond acceptors (Lipinski definition) is 5. The van der Waals surface area contributed by atoms with E-state index in [0.717, 1.165) is 10.8 Å². The molecule has 1 aliphatic heterocycles. The SMILES string of the molecule is CC(C)(C)OC(=O)N1C[C@H](O)[C@@H](n2cc(Cl)c(=O)[nH]c2=O)C1. The van der Waals surface area contributed by atoms with E-state index in [1.807, 2.05) is 0 Å². The molecular weight excluding hydrogens is 314 g/mol. The van der Waals surface area contributed by atoms with Crippen LogP contribution in [0.3, 0.4) is 0 Å². The Bertz CT molecular complexity index is 690. The van der Waals surface area contributed by atoms with Crippen molar-refractivity contribution in [3.8, 4) is 0 Å². The summed E-state index contributed by atoms with van der Waals surface area (Å²) in [6.45, 7) is 5.32. The van der Waals surface area contributed by atoms with Gasteiger partial charge in [-0.2, -0.15) is 0 Å². The number of nitrogens with zero attached hydrogens (tertiary/aromatic N) is 2. The lowest BCUT2D eigenvalue weighted by Gasteiger charge is -2.24. The fourth-order valence-corrected chi connectivity index (χ4v) is 2.38. The Balaban J connectivity index is 2.22. The molecule has 1 aromatic heterocycles. The summed E-state index contributed by atoms with van der Waals surface area (Å²) in [6, 6.07) is -0.700. The van der Waals surface area contributed by atoms with Gasteiger partial charge in [-0.3, -0.25) is 14.3 Å². The summed E-state index contributed by atoms with van der Waals surface area (Å²) in [5.74, 6) is 0. The number of aliphatic hydroxyl groups excluding tert-OH is 1. The second-order valence-electron chi connectivity index (χ2n) is 6.16. The minimum atomic E-state index is -0.966. The first-order valence-corrected chi connectivity index (χ1v) is 7.13. The van der Waals surface area contributed by atoms with E-state index in [0.29, 0.717) is 0 Å². The molecule has 2 heterocycles. The predicted molar refractivity (Wildman–Crippen MR) is 79.2 cm³/mol. The number of amides is 1. The van der Waals surface area contributed by atoms with Crippen molar-refractivity contribution in [3.05, 3.63) is 32.1 Å². The van der Waals surface area contributed by atoms with E-state index in [4.69, 9.17) is 16.3 Å².